The van der Waals surface area contributed by atoms with Gasteiger partial charge in [0.1, 0.15) is 17.9 Å². The lowest BCUT2D eigenvalue weighted by Gasteiger charge is -2.11. The Labute approximate surface area is 174 Å². The fourth-order valence-corrected chi connectivity index (χ4v) is 2.70. The Morgan fingerprint density at radius 1 is 1.17 bits per heavy atom. The maximum Gasteiger partial charge on any atom is 0.251 e. The largest absolute Gasteiger partial charge is 0.496 e. The van der Waals surface area contributed by atoms with Gasteiger partial charge < -0.3 is 20.3 Å². The van der Waals surface area contributed by atoms with Crippen molar-refractivity contribution in [1.82, 2.24) is 25.2 Å². The second-order valence-electron chi connectivity index (χ2n) is 6.74. The van der Waals surface area contributed by atoms with Gasteiger partial charge in [0.15, 0.2) is 5.82 Å². The van der Waals surface area contributed by atoms with Gasteiger partial charge in [-0.05, 0) is 44.4 Å². The molecule has 1 aromatic heterocycles. The molecule has 0 fully saturated rings. The van der Waals surface area contributed by atoms with E-state index < -0.39 is 5.82 Å². The molecule has 0 bridgehead atoms. The molecule has 0 saturated carbocycles. The van der Waals surface area contributed by atoms with Crippen LogP contribution in [0.5, 0.6) is 5.75 Å². The number of rotatable bonds is 8. The number of nitrogens with one attached hydrogen (secondary N) is 2. The SMILES string of the molecule is COc1cc(F)ccc1-c1ncnc(Nc2cccc(C(=O)NCCN(C)C)c2)n1. The van der Waals surface area contributed by atoms with E-state index in [-0.39, 0.29) is 11.9 Å². The van der Waals surface area contributed by atoms with Gasteiger partial charge in [0.25, 0.3) is 5.91 Å². The number of anilines is 2. The maximum absolute atomic E-state index is 13.5. The van der Waals surface area contributed by atoms with Gasteiger partial charge in [0, 0.05) is 30.4 Å². The lowest BCUT2D eigenvalue weighted by molar-refractivity contribution is 0.0951. The van der Waals surface area contributed by atoms with Crippen molar-refractivity contribution in [2.45, 2.75) is 0 Å². The molecule has 0 saturated heterocycles. The Morgan fingerprint density at radius 2 is 2.00 bits per heavy atom. The van der Waals surface area contributed by atoms with Crippen LogP contribution >= 0.6 is 0 Å². The molecule has 1 heterocycles. The van der Waals surface area contributed by atoms with Crippen LogP contribution in [0.25, 0.3) is 11.4 Å². The van der Waals surface area contributed by atoms with Crippen LogP contribution in [0.1, 0.15) is 10.4 Å². The summed E-state index contributed by atoms with van der Waals surface area (Å²) >= 11 is 0. The summed E-state index contributed by atoms with van der Waals surface area (Å²) in [5.74, 6) is 0.374. The lowest BCUT2D eigenvalue weighted by atomic mass is 10.2. The van der Waals surface area contributed by atoms with E-state index >= 15 is 0 Å². The van der Waals surface area contributed by atoms with E-state index in [0.717, 1.165) is 6.54 Å². The zero-order valence-electron chi connectivity index (χ0n) is 17.0. The first-order valence-electron chi connectivity index (χ1n) is 9.29. The number of carbonyl (C=O) groups is 1. The summed E-state index contributed by atoms with van der Waals surface area (Å²) < 4.78 is 18.7. The minimum Gasteiger partial charge on any atom is -0.496 e. The average molecular weight is 410 g/mol. The number of likely N-dealkylation sites (N-methyl/N-ethyl adjacent to an activating group) is 1. The molecule has 3 aromatic rings. The number of hydrogen-bond acceptors (Lipinski definition) is 7. The van der Waals surface area contributed by atoms with Gasteiger partial charge in [-0.25, -0.2) is 14.4 Å². The van der Waals surface area contributed by atoms with Gasteiger partial charge in [-0.3, -0.25) is 4.79 Å². The van der Waals surface area contributed by atoms with Gasteiger partial charge in [0.05, 0.1) is 12.7 Å². The Kier molecular flexibility index (Phi) is 6.87. The van der Waals surface area contributed by atoms with E-state index in [1.54, 1.807) is 30.3 Å². The van der Waals surface area contributed by atoms with Crippen molar-refractivity contribution in [2.75, 3.05) is 39.6 Å². The second kappa shape index (κ2) is 9.75. The number of amides is 1. The van der Waals surface area contributed by atoms with Crippen LogP contribution in [0.15, 0.2) is 48.8 Å². The summed E-state index contributed by atoms with van der Waals surface area (Å²) in [6.07, 6.45) is 1.35. The first kappa shape index (κ1) is 21.1. The highest BCUT2D eigenvalue weighted by Crippen LogP contribution is 2.28. The lowest BCUT2D eigenvalue weighted by Crippen LogP contribution is -2.31. The third kappa shape index (κ3) is 5.48. The van der Waals surface area contributed by atoms with Gasteiger partial charge >= 0.3 is 0 Å². The van der Waals surface area contributed by atoms with Crippen molar-refractivity contribution in [2.24, 2.45) is 0 Å². The monoisotopic (exact) mass is 410 g/mol. The molecule has 0 aliphatic heterocycles. The van der Waals surface area contributed by atoms with Crippen LogP contribution < -0.4 is 15.4 Å². The summed E-state index contributed by atoms with van der Waals surface area (Å²) in [4.78, 5) is 27.0. The molecule has 2 aromatic carbocycles. The summed E-state index contributed by atoms with van der Waals surface area (Å²) in [5, 5.41) is 5.94. The van der Waals surface area contributed by atoms with E-state index in [1.807, 2.05) is 19.0 Å². The number of nitrogens with zero attached hydrogens (tertiary/aromatic N) is 4. The number of benzene rings is 2. The quantitative estimate of drug-likeness (QED) is 0.590. The van der Waals surface area contributed by atoms with Crippen molar-refractivity contribution in [3.05, 3.63) is 60.2 Å². The zero-order chi connectivity index (χ0) is 21.5. The van der Waals surface area contributed by atoms with E-state index in [4.69, 9.17) is 4.74 Å². The molecule has 8 nitrogen and oxygen atoms in total. The molecule has 0 spiro atoms. The minimum atomic E-state index is -0.413. The smallest absolute Gasteiger partial charge is 0.251 e. The standard InChI is InChI=1S/C21H23FN6O2/c1-28(2)10-9-23-20(29)14-5-4-6-16(11-14)26-21-25-13-24-19(27-21)17-8-7-15(22)12-18(17)30-3/h4-8,11-13H,9-10H2,1-3H3,(H,23,29)(H,24,25,26,27). The first-order chi connectivity index (χ1) is 14.5. The van der Waals surface area contributed by atoms with Gasteiger partial charge in [0.2, 0.25) is 5.95 Å². The number of carbonyl (C=O) groups excluding carboxylic acids is 1. The average Bonchev–Trinajstić information content (AvgIpc) is 2.73. The molecule has 3 rings (SSSR count). The minimum absolute atomic E-state index is 0.159. The second-order valence-corrected chi connectivity index (χ2v) is 6.74. The van der Waals surface area contributed by atoms with Gasteiger partial charge in [-0.2, -0.15) is 4.98 Å². The Hall–Kier alpha value is -3.59. The van der Waals surface area contributed by atoms with Gasteiger partial charge in [-0.1, -0.05) is 6.07 Å². The third-order valence-corrected chi connectivity index (χ3v) is 4.20. The zero-order valence-corrected chi connectivity index (χ0v) is 17.0. The van der Waals surface area contributed by atoms with Crippen LogP contribution in [-0.4, -0.2) is 60.1 Å². The Morgan fingerprint density at radius 3 is 2.77 bits per heavy atom. The normalized spacial score (nSPS) is 10.7. The molecule has 0 unspecified atom stereocenters. The molecule has 30 heavy (non-hydrogen) atoms. The highest BCUT2D eigenvalue weighted by atomic mass is 19.1. The molecule has 156 valence electrons. The summed E-state index contributed by atoms with van der Waals surface area (Å²) in [6, 6.07) is 11.2. The third-order valence-electron chi connectivity index (χ3n) is 4.20. The van der Waals surface area contributed by atoms with E-state index in [2.05, 4.69) is 25.6 Å². The van der Waals surface area contributed by atoms with Crippen molar-refractivity contribution in [3.63, 3.8) is 0 Å². The van der Waals surface area contributed by atoms with E-state index in [0.29, 0.717) is 34.9 Å². The predicted octanol–water partition coefficient (Wildman–Crippen LogP) is 2.72. The number of ether oxygens (including phenoxy) is 1. The van der Waals surface area contributed by atoms with Crippen LogP contribution in [0.2, 0.25) is 0 Å². The van der Waals surface area contributed by atoms with E-state index in [1.165, 1.54) is 25.6 Å². The van der Waals surface area contributed by atoms with Crippen molar-refractivity contribution in [1.29, 1.82) is 0 Å². The van der Waals surface area contributed by atoms with Crippen molar-refractivity contribution >= 4 is 17.5 Å². The predicted molar refractivity (Wildman–Crippen MR) is 112 cm³/mol. The highest BCUT2D eigenvalue weighted by molar-refractivity contribution is 5.95. The summed E-state index contributed by atoms with van der Waals surface area (Å²) in [7, 11) is 5.34. The molecule has 0 radical (unpaired) electrons. The fourth-order valence-electron chi connectivity index (χ4n) is 2.70. The first-order valence-corrected chi connectivity index (χ1v) is 9.29. The van der Waals surface area contributed by atoms with Crippen molar-refractivity contribution in [3.8, 4) is 17.1 Å². The molecule has 1 amide bonds. The molecule has 0 atom stereocenters. The summed E-state index contributed by atoms with van der Waals surface area (Å²) in [5.41, 5.74) is 1.71. The maximum atomic E-state index is 13.5. The molecule has 0 aliphatic rings. The fraction of sp³-hybridized carbons (Fsp3) is 0.238. The number of halogens is 1. The molecule has 0 aliphatic carbocycles. The number of hydrogen-bond donors (Lipinski definition) is 2. The van der Waals surface area contributed by atoms with E-state index in [9.17, 15) is 9.18 Å². The Balaban J connectivity index is 1.76. The summed E-state index contributed by atoms with van der Waals surface area (Å²) in [6.45, 7) is 1.31. The van der Waals surface area contributed by atoms with Crippen LogP contribution in [-0.2, 0) is 0 Å². The van der Waals surface area contributed by atoms with Crippen LogP contribution in [0.4, 0.5) is 16.0 Å². The van der Waals surface area contributed by atoms with Crippen LogP contribution in [0, 0.1) is 5.82 Å². The van der Waals surface area contributed by atoms with Crippen molar-refractivity contribution < 1.29 is 13.9 Å². The molecule has 2 N–H and O–H groups in total. The highest BCUT2D eigenvalue weighted by Gasteiger charge is 2.12. The van der Waals surface area contributed by atoms with Crippen LogP contribution in [0.3, 0.4) is 0 Å². The molecular formula is C21H23FN6O2. The molecule has 9 heteroatoms. The topological polar surface area (TPSA) is 92.3 Å². The number of methoxy groups -OCH3 is 1. The molecular weight excluding hydrogens is 387 g/mol. The number of aromatic nitrogens is 3. The van der Waals surface area contributed by atoms with Gasteiger partial charge in [-0.15, -0.1) is 0 Å². The Bertz CT molecular complexity index is 1030.